The van der Waals surface area contributed by atoms with Gasteiger partial charge in [0.2, 0.25) is 0 Å². The molecule has 0 saturated heterocycles. The summed E-state index contributed by atoms with van der Waals surface area (Å²) in [6.07, 6.45) is 43.7. The second-order valence-electron chi connectivity index (χ2n) is 12.7. The minimum absolute atomic E-state index is 0.0747. The van der Waals surface area contributed by atoms with Crippen LogP contribution in [0.5, 0.6) is 0 Å². The van der Waals surface area contributed by atoms with Crippen molar-refractivity contribution in [1.29, 1.82) is 0 Å². The number of hydrogen-bond donors (Lipinski definition) is 3. The molecule has 0 aromatic rings. The van der Waals surface area contributed by atoms with Crippen LogP contribution in [0.25, 0.3) is 0 Å². The smallest absolute Gasteiger partial charge is 0.472 e. The van der Waals surface area contributed by atoms with E-state index in [0.717, 1.165) is 83.5 Å². The van der Waals surface area contributed by atoms with Crippen molar-refractivity contribution < 1.29 is 47.5 Å². The first-order valence-corrected chi connectivity index (χ1v) is 21.1. The second kappa shape index (κ2) is 36.6. The van der Waals surface area contributed by atoms with E-state index in [0.29, 0.717) is 19.3 Å². The van der Waals surface area contributed by atoms with Crippen LogP contribution in [0, 0.1) is 0 Å². The highest BCUT2D eigenvalue weighted by Gasteiger charge is 2.28. The normalized spacial score (nSPS) is 14.7. The number of hydrogen-bond acceptors (Lipinski definition) is 9. The maximum absolute atomic E-state index is 12.6. The molecule has 0 fully saturated rings. The van der Waals surface area contributed by atoms with Crippen LogP contribution in [-0.4, -0.2) is 59.9 Å². The molecule has 4 N–H and O–H groups in total. The Kier molecular flexibility index (Phi) is 34.4. The van der Waals surface area contributed by atoms with Gasteiger partial charge in [0.15, 0.2) is 6.10 Å². The lowest BCUT2D eigenvalue weighted by Crippen LogP contribution is -2.34. The van der Waals surface area contributed by atoms with Crippen LogP contribution in [0.2, 0.25) is 0 Å². The van der Waals surface area contributed by atoms with Crippen molar-refractivity contribution in [2.45, 2.75) is 142 Å². The van der Waals surface area contributed by atoms with Crippen molar-refractivity contribution in [3.63, 3.8) is 0 Å². The summed E-state index contributed by atoms with van der Waals surface area (Å²) < 4.78 is 32.5. The Morgan fingerprint density at radius 3 is 1.61 bits per heavy atom. The Morgan fingerprint density at radius 2 is 1.06 bits per heavy atom. The molecule has 0 rings (SSSR count). The molecule has 0 spiro atoms. The van der Waals surface area contributed by atoms with Crippen LogP contribution in [0.1, 0.15) is 129 Å². The highest BCUT2D eigenvalue weighted by atomic mass is 31.2. The van der Waals surface area contributed by atoms with Gasteiger partial charge in [0.05, 0.1) is 13.2 Å². The van der Waals surface area contributed by atoms with Crippen molar-refractivity contribution in [3.8, 4) is 0 Å². The molecule has 3 unspecified atom stereocenters. The van der Waals surface area contributed by atoms with E-state index in [9.17, 15) is 23.8 Å². The molecule has 0 bridgehead atoms. The SMILES string of the molecule is CC/C=C\C/C=C\C/C=C\C/C=C\C/C=C\CCCC(=O)OC(COC(=O)CCCCCCC/C=C\C/C=C\CCC)COP(=O)(O)OCC(N)C(=O)O. The summed E-state index contributed by atoms with van der Waals surface area (Å²) in [7, 11) is -4.74. The van der Waals surface area contributed by atoms with Crippen LogP contribution >= 0.6 is 7.82 Å². The van der Waals surface area contributed by atoms with E-state index in [-0.39, 0.29) is 19.4 Å². The third kappa shape index (κ3) is 35.7. The highest BCUT2D eigenvalue weighted by Crippen LogP contribution is 2.43. The zero-order valence-corrected chi connectivity index (χ0v) is 33.7. The van der Waals surface area contributed by atoms with E-state index in [1.807, 2.05) is 12.2 Å². The molecule has 0 aliphatic heterocycles. The molecule has 0 aliphatic carbocycles. The summed E-state index contributed by atoms with van der Waals surface area (Å²) in [5.74, 6) is -2.49. The van der Waals surface area contributed by atoms with Gasteiger partial charge in [-0.2, -0.15) is 0 Å². The van der Waals surface area contributed by atoms with E-state index in [2.05, 4.69) is 91.3 Å². The first-order chi connectivity index (χ1) is 26.1. The molecule has 3 atom stereocenters. The maximum Gasteiger partial charge on any atom is 0.472 e. The van der Waals surface area contributed by atoms with Crippen LogP contribution in [0.4, 0.5) is 0 Å². The number of esters is 2. The quantitative estimate of drug-likeness (QED) is 0.0242. The van der Waals surface area contributed by atoms with E-state index >= 15 is 0 Å². The number of nitrogens with two attached hydrogens (primary N) is 1. The maximum atomic E-state index is 12.6. The Bertz CT molecular complexity index is 1240. The molecule has 54 heavy (non-hydrogen) atoms. The average molecular weight is 778 g/mol. The van der Waals surface area contributed by atoms with Gasteiger partial charge in [0.25, 0.3) is 0 Å². The molecule has 0 heterocycles. The van der Waals surface area contributed by atoms with Gasteiger partial charge in [0, 0.05) is 12.8 Å². The largest absolute Gasteiger partial charge is 0.480 e. The van der Waals surface area contributed by atoms with Crippen molar-refractivity contribution in [1.82, 2.24) is 0 Å². The predicted molar refractivity (Wildman–Crippen MR) is 217 cm³/mol. The molecule has 0 aromatic carbocycles. The molecule has 0 aromatic heterocycles. The van der Waals surface area contributed by atoms with E-state index in [4.69, 9.17) is 24.8 Å². The van der Waals surface area contributed by atoms with Crippen molar-refractivity contribution >= 4 is 25.7 Å². The topological polar surface area (TPSA) is 172 Å². The molecular weight excluding hydrogens is 709 g/mol. The van der Waals surface area contributed by atoms with Gasteiger partial charge in [-0.3, -0.25) is 23.4 Å². The molecule has 0 aliphatic rings. The van der Waals surface area contributed by atoms with Crippen molar-refractivity contribution in [2.75, 3.05) is 19.8 Å². The summed E-state index contributed by atoms with van der Waals surface area (Å²) in [6.45, 7) is 2.51. The zero-order valence-electron chi connectivity index (χ0n) is 32.8. The van der Waals surface area contributed by atoms with E-state index < -0.39 is 51.1 Å². The fourth-order valence-corrected chi connectivity index (χ4v) is 5.33. The van der Waals surface area contributed by atoms with E-state index in [1.165, 1.54) is 0 Å². The number of carbonyl (C=O) groups excluding carboxylic acids is 2. The van der Waals surface area contributed by atoms with Crippen molar-refractivity contribution in [2.24, 2.45) is 5.73 Å². The summed E-state index contributed by atoms with van der Waals surface area (Å²) in [4.78, 5) is 45.8. The van der Waals surface area contributed by atoms with Crippen LogP contribution in [-0.2, 0) is 37.5 Å². The predicted octanol–water partition coefficient (Wildman–Crippen LogP) is 9.94. The molecular formula is C42H68NO10P. The Balaban J connectivity index is 4.57. The van der Waals surface area contributed by atoms with Crippen LogP contribution in [0.3, 0.4) is 0 Å². The number of aliphatic carboxylic acids is 1. The van der Waals surface area contributed by atoms with Gasteiger partial charge in [-0.15, -0.1) is 0 Å². The standard InChI is InChI=1S/C42H68NO10P/c1-3-5-7-9-11-13-15-17-18-19-20-22-24-26-28-30-32-34-41(45)53-38(36-51-54(48,49)52-37-39(43)42(46)47)35-50-40(44)33-31-29-27-25-23-21-16-14-12-10-8-6-4-2/h5,7-8,10-11,13-14,16-18,20,22,26,28,38-39H,3-4,6,9,12,15,19,21,23-25,27,29-37,43H2,1-2H3,(H,46,47)(H,48,49)/b7-5-,10-8-,13-11-,16-14-,18-17-,22-20-,28-26-. The van der Waals surface area contributed by atoms with Crippen molar-refractivity contribution in [3.05, 3.63) is 85.1 Å². The Labute approximate surface area is 324 Å². The summed E-state index contributed by atoms with van der Waals surface area (Å²) >= 11 is 0. The van der Waals surface area contributed by atoms with Gasteiger partial charge < -0.3 is 25.2 Å². The summed E-state index contributed by atoms with van der Waals surface area (Å²) in [5, 5.41) is 8.87. The first kappa shape index (κ1) is 50.7. The van der Waals surface area contributed by atoms with Gasteiger partial charge in [-0.1, -0.05) is 125 Å². The Morgan fingerprint density at radius 1 is 0.593 bits per heavy atom. The molecule has 0 amide bonds. The second-order valence-corrected chi connectivity index (χ2v) is 14.1. The minimum atomic E-state index is -4.74. The highest BCUT2D eigenvalue weighted by molar-refractivity contribution is 7.47. The van der Waals surface area contributed by atoms with Gasteiger partial charge in [-0.05, 0) is 77.0 Å². The molecule has 0 saturated carbocycles. The van der Waals surface area contributed by atoms with Crippen LogP contribution in [0.15, 0.2) is 85.1 Å². The van der Waals surface area contributed by atoms with Crippen LogP contribution < -0.4 is 5.73 Å². The third-order valence-corrected chi connectivity index (χ3v) is 8.56. The van der Waals surface area contributed by atoms with Gasteiger partial charge in [0.1, 0.15) is 12.6 Å². The van der Waals surface area contributed by atoms with Gasteiger partial charge >= 0.3 is 25.7 Å². The number of phosphoric acid groups is 1. The summed E-state index contributed by atoms with van der Waals surface area (Å²) in [6, 6.07) is -1.54. The number of ether oxygens (including phenoxy) is 2. The number of rotatable bonds is 35. The number of carboxylic acid groups (broad SMARTS) is 1. The first-order valence-electron chi connectivity index (χ1n) is 19.6. The lowest BCUT2D eigenvalue weighted by atomic mass is 10.1. The minimum Gasteiger partial charge on any atom is -0.480 e. The van der Waals surface area contributed by atoms with Gasteiger partial charge in [-0.25, -0.2) is 4.57 Å². The fourth-order valence-electron chi connectivity index (χ4n) is 4.55. The number of unbranched alkanes of at least 4 members (excludes halogenated alkanes) is 7. The monoisotopic (exact) mass is 777 g/mol. The Hall–Kier alpha value is -3.34. The zero-order chi connectivity index (χ0) is 40.0. The molecule has 11 nitrogen and oxygen atoms in total. The summed E-state index contributed by atoms with van der Waals surface area (Å²) in [5.41, 5.74) is 5.31. The lowest BCUT2D eigenvalue weighted by molar-refractivity contribution is -0.161. The lowest BCUT2D eigenvalue weighted by Gasteiger charge is -2.20. The van der Waals surface area contributed by atoms with E-state index in [1.54, 1.807) is 0 Å². The third-order valence-electron chi connectivity index (χ3n) is 7.61. The molecule has 306 valence electrons. The average Bonchev–Trinajstić information content (AvgIpc) is 3.14. The molecule has 12 heteroatoms. The number of phosphoric ester groups is 1. The molecule has 0 radical (unpaired) electrons. The fraction of sp³-hybridized carbons (Fsp3) is 0.595. The number of carbonyl (C=O) groups is 3. The number of allylic oxidation sites excluding steroid dienone is 14. The number of carboxylic acids is 1.